The first-order valence-corrected chi connectivity index (χ1v) is 5.96. The number of carbonyl (C=O) groups excluding carboxylic acids is 1. The molecule has 0 saturated carbocycles. The van der Waals surface area contributed by atoms with Crippen LogP contribution in [0.3, 0.4) is 0 Å². The summed E-state index contributed by atoms with van der Waals surface area (Å²) in [6.07, 6.45) is 3.31. The molecule has 2 atom stereocenters. The average molecular weight is 254 g/mol. The molecule has 1 aromatic heterocycles. The van der Waals surface area contributed by atoms with Gasteiger partial charge in [-0.1, -0.05) is 30.3 Å². The molecule has 2 unspecified atom stereocenters. The van der Waals surface area contributed by atoms with E-state index in [-0.39, 0.29) is 11.9 Å². The molecule has 2 rings (SSSR count). The predicted molar refractivity (Wildman–Crippen MR) is 69.9 cm³/mol. The number of hydrogen-bond donors (Lipinski definition) is 2. The van der Waals surface area contributed by atoms with Gasteiger partial charge < -0.3 is 10.3 Å². The van der Waals surface area contributed by atoms with Crippen molar-refractivity contribution >= 4 is 5.91 Å². The minimum absolute atomic E-state index is 0.262. The number of carbonyl (C=O) groups is 1. The fraction of sp³-hybridized carbons (Fsp3) is 0.214. The molecule has 19 heavy (non-hydrogen) atoms. The summed E-state index contributed by atoms with van der Waals surface area (Å²) in [5, 5.41) is 11.9. The summed E-state index contributed by atoms with van der Waals surface area (Å²) in [6, 6.07) is 10.8. The molecular weight excluding hydrogens is 240 g/mol. The topological polar surface area (TPSA) is 81.6 Å². The average Bonchev–Trinajstić information content (AvgIpc) is 2.94. The number of imidazole rings is 1. The lowest BCUT2D eigenvalue weighted by Crippen LogP contribution is -2.31. The van der Waals surface area contributed by atoms with Gasteiger partial charge in [-0.15, -0.1) is 0 Å². The van der Waals surface area contributed by atoms with Crippen molar-refractivity contribution in [3.8, 4) is 6.07 Å². The Labute approximate surface area is 111 Å². The van der Waals surface area contributed by atoms with Gasteiger partial charge in [-0.3, -0.25) is 4.79 Å². The molecule has 2 aromatic rings. The summed E-state index contributed by atoms with van der Waals surface area (Å²) >= 11 is 0. The highest BCUT2D eigenvalue weighted by Gasteiger charge is 2.22. The molecule has 0 saturated heterocycles. The molecule has 5 heteroatoms. The Bertz CT molecular complexity index is 571. The summed E-state index contributed by atoms with van der Waals surface area (Å²) in [4.78, 5) is 19.1. The molecule has 2 N–H and O–H groups in total. The van der Waals surface area contributed by atoms with Crippen LogP contribution in [0.5, 0.6) is 0 Å². The van der Waals surface area contributed by atoms with E-state index in [1.54, 1.807) is 24.5 Å². The second-order valence-corrected chi connectivity index (χ2v) is 4.18. The van der Waals surface area contributed by atoms with Crippen LogP contribution >= 0.6 is 0 Å². The maximum absolute atomic E-state index is 12.1. The van der Waals surface area contributed by atoms with Crippen LogP contribution in [0.15, 0.2) is 42.7 Å². The molecule has 5 nitrogen and oxygen atoms in total. The first-order valence-electron chi connectivity index (χ1n) is 5.96. The van der Waals surface area contributed by atoms with Crippen molar-refractivity contribution in [3.63, 3.8) is 0 Å². The number of aromatic amines is 1. The van der Waals surface area contributed by atoms with Crippen molar-refractivity contribution in [2.24, 2.45) is 0 Å². The third kappa shape index (κ3) is 2.99. The molecule has 0 aliphatic carbocycles. The van der Waals surface area contributed by atoms with Crippen LogP contribution in [-0.4, -0.2) is 15.9 Å². The SMILES string of the molecule is CC(NC(=O)C(C#N)c1ccccc1)c1ncc[nH]1. The molecule has 0 spiro atoms. The zero-order chi connectivity index (χ0) is 13.7. The monoisotopic (exact) mass is 254 g/mol. The molecule has 0 aliphatic rings. The van der Waals surface area contributed by atoms with Crippen molar-refractivity contribution in [3.05, 3.63) is 54.1 Å². The van der Waals surface area contributed by atoms with Crippen molar-refractivity contribution in [2.75, 3.05) is 0 Å². The van der Waals surface area contributed by atoms with Gasteiger partial charge in [0, 0.05) is 12.4 Å². The Morgan fingerprint density at radius 2 is 2.16 bits per heavy atom. The molecule has 1 amide bonds. The van der Waals surface area contributed by atoms with Gasteiger partial charge in [0.1, 0.15) is 11.7 Å². The second-order valence-electron chi connectivity index (χ2n) is 4.18. The number of H-pyrrole nitrogens is 1. The van der Waals surface area contributed by atoms with Crippen LogP contribution in [0, 0.1) is 11.3 Å². The quantitative estimate of drug-likeness (QED) is 0.874. The van der Waals surface area contributed by atoms with Gasteiger partial charge in [-0.25, -0.2) is 4.98 Å². The minimum Gasteiger partial charge on any atom is -0.347 e. The number of benzene rings is 1. The molecule has 0 radical (unpaired) electrons. The highest BCUT2D eigenvalue weighted by Crippen LogP contribution is 2.16. The zero-order valence-electron chi connectivity index (χ0n) is 10.5. The summed E-state index contributed by atoms with van der Waals surface area (Å²) in [6.45, 7) is 1.82. The molecule has 0 bridgehead atoms. The van der Waals surface area contributed by atoms with Crippen molar-refractivity contribution < 1.29 is 4.79 Å². The highest BCUT2D eigenvalue weighted by molar-refractivity contribution is 5.86. The first-order chi connectivity index (χ1) is 9.22. The Hall–Kier alpha value is -2.61. The number of nitrogens with zero attached hydrogens (tertiary/aromatic N) is 2. The Morgan fingerprint density at radius 1 is 1.42 bits per heavy atom. The van der Waals surface area contributed by atoms with E-state index in [1.807, 2.05) is 31.2 Å². The van der Waals surface area contributed by atoms with Crippen LogP contribution in [0.4, 0.5) is 0 Å². The number of nitriles is 1. The van der Waals surface area contributed by atoms with Gasteiger partial charge in [-0.05, 0) is 12.5 Å². The van der Waals surface area contributed by atoms with Gasteiger partial charge in [0.2, 0.25) is 5.91 Å². The minimum atomic E-state index is -0.807. The normalized spacial score (nSPS) is 13.3. The van der Waals surface area contributed by atoms with Crippen molar-refractivity contribution in [1.29, 1.82) is 5.26 Å². The highest BCUT2D eigenvalue weighted by atomic mass is 16.1. The van der Waals surface area contributed by atoms with E-state index in [2.05, 4.69) is 15.3 Å². The summed E-state index contributed by atoms with van der Waals surface area (Å²) in [5.74, 6) is -0.464. The lowest BCUT2D eigenvalue weighted by Gasteiger charge is -2.14. The van der Waals surface area contributed by atoms with Crippen LogP contribution in [-0.2, 0) is 4.79 Å². The van der Waals surface area contributed by atoms with Crippen LogP contribution in [0.1, 0.15) is 30.3 Å². The van der Waals surface area contributed by atoms with E-state index in [1.165, 1.54) is 0 Å². The summed E-state index contributed by atoms with van der Waals surface area (Å²) in [5.41, 5.74) is 0.689. The summed E-state index contributed by atoms with van der Waals surface area (Å²) < 4.78 is 0. The fourth-order valence-corrected chi connectivity index (χ4v) is 1.81. The van der Waals surface area contributed by atoms with E-state index in [9.17, 15) is 4.79 Å². The third-order valence-electron chi connectivity index (χ3n) is 2.81. The van der Waals surface area contributed by atoms with E-state index in [0.717, 1.165) is 0 Å². The van der Waals surface area contributed by atoms with E-state index >= 15 is 0 Å². The van der Waals surface area contributed by atoms with E-state index in [4.69, 9.17) is 5.26 Å². The second kappa shape index (κ2) is 5.83. The molecule has 0 aliphatic heterocycles. The van der Waals surface area contributed by atoms with Gasteiger partial charge in [0.05, 0.1) is 12.1 Å². The zero-order valence-corrected chi connectivity index (χ0v) is 10.5. The number of amides is 1. The van der Waals surface area contributed by atoms with Crippen LogP contribution in [0.25, 0.3) is 0 Å². The van der Waals surface area contributed by atoms with Gasteiger partial charge >= 0.3 is 0 Å². The van der Waals surface area contributed by atoms with Gasteiger partial charge in [0.15, 0.2) is 0 Å². The maximum atomic E-state index is 12.1. The standard InChI is InChI=1S/C14H14N4O/c1-10(13-16-7-8-17-13)18-14(19)12(9-15)11-5-3-2-4-6-11/h2-8,10,12H,1H3,(H,16,17)(H,18,19). The van der Waals surface area contributed by atoms with Crippen molar-refractivity contribution in [1.82, 2.24) is 15.3 Å². The summed E-state index contributed by atoms with van der Waals surface area (Å²) in [7, 11) is 0. The molecule has 96 valence electrons. The Kier molecular flexibility index (Phi) is 3.94. The number of aromatic nitrogens is 2. The number of hydrogen-bond acceptors (Lipinski definition) is 3. The molecule has 1 heterocycles. The van der Waals surface area contributed by atoms with Gasteiger partial charge in [0.25, 0.3) is 0 Å². The van der Waals surface area contributed by atoms with E-state index < -0.39 is 5.92 Å². The molecule has 0 fully saturated rings. The molecule has 1 aromatic carbocycles. The lowest BCUT2D eigenvalue weighted by molar-refractivity contribution is -0.122. The largest absolute Gasteiger partial charge is 0.347 e. The number of rotatable bonds is 4. The Morgan fingerprint density at radius 3 is 2.74 bits per heavy atom. The van der Waals surface area contributed by atoms with Gasteiger partial charge in [-0.2, -0.15) is 5.26 Å². The predicted octanol–water partition coefficient (Wildman–Crippen LogP) is 1.89. The maximum Gasteiger partial charge on any atom is 0.242 e. The fourth-order valence-electron chi connectivity index (χ4n) is 1.81. The third-order valence-corrected chi connectivity index (χ3v) is 2.81. The first kappa shape index (κ1) is 12.8. The Balaban J connectivity index is 2.09. The smallest absolute Gasteiger partial charge is 0.242 e. The van der Waals surface area contributed by atoms with Crippen LogP contribution < -0.4 is 5.32 Å². The van der Waals surface area contributed by atoms with E-state index in [0.29, 0.717) is 11.4 Å². The number of nitrogens with one attached hydrogen (secondary N) is 2. The van der Waals surface area contributed by atoms with Crippen molar-refractivity contribution in [2.45, 2.75) is 18.9 Å². The lowest BCUT2D eigenvalue weighted by atomic mass is 9.99. The molecular formula is C14H14N4O. The van der Waals surface area contributed by atoms with Crippen LogP contribution in [0.2, 0.25) is 0 Å².